The van der Waals surface area contributed by atoms with Crippen molar-refractivity contribution in [1.29, 1.82) is 0 Å². The zero-order valence-corrected chi connectivity index (χ0v) is 12.9. The van der Waals surface area contributed by atoms with Gasteiger partial charge in [0.2, 0.25) is 0 Å². The number of nitrogens with one attached hydrogen (secondary N) is 2. The number of nitrogens with two attached hydrogens (primary N) is 1. The average molecular weight is 323 g/mol. The van der Waals surface area contributed by atoms with E-state index in [2.05, 4.69) is 22.6 Å². The molecular weight excluding hydrogens is 306 g/mol. The molecule has 0 spiro atoms. The third-order valence-electron chi connectivity index (χ3n) is 3.04. The first-order chi connectivity index (χ1) is 11.7. The summed E-state index contributed by atoms with van der Waals surface area (Å²) < 4.78 is 5.06. The number of carbonyl (C=O) groups excluding carboxylic acids is 2. The van der Waals surface area contributed by atoms with E-state index in [1.807, 2.05) is 30.3 Å². The normalized spacial score (nSPS) is 9.38. The Hall–Kier alpha value is -3.30. The van der Waals surface area contributed by atoms with Gasteiger partial charge in [-0.05, 0) is 29.8 Å². The van der Waals surface area contributed by atoms with E-state index in [9.17, 15) is 9.59 Å². The van der Waals surface area contributed by atoms with E-state index < -0.39 is 6.09 Å². The maximum Gasteiger partial charge on any atom is 0.408 e. The van der Waals surface area contributed by atoms with Crippen LogP contribution in [0.5, 0.6) is 0 Å². The zero-order chi connectivity index (χ0) is 17.2. The van der Waals surface area contributed by atoms with Gasteiger partial charge in [-0.3, -0.25) is 10.2 Å². The summed E-state index contributed by atoms with van der Waals surface area (Å²) in [5, 5.41) is 2.55. The first-order valence-electron chi connectivity index (χ1n) is 7.23. The van der Waals surface area contributed by atoms with Crippen LogP contribution in [0.2, 0.25) is 0 Å². The van der Waals surface area contributed by atoms with Gasteiger partial charge < -0.3 is 10.1 Å². The highest BCUT2D eigenvalue weighted by Gasteiger charge is 2.02. The fourth-order valence-corrected chi connectivity index (χ4v) is 1.83. The lowest BCUT2D eigenvalue weighted by Gasteiger charge is -2.04. The molecule has 6 heteroatoms. The molecule has 0 heterocycles. The highest BCUT2D eigenvalue weighted by molar-refractivity contribution is 5.93. The third-order valence-corrected chi connectivity index (χ3v) is 3.04. The van der Waals surface area contributed by atoms with Gasteiger partial charge in [-0.25, -0.2) is 10.6 Å². The van der Waals surface area contributed by atoms with Gasteiger partial charge in [0, 0.05) is 11.1 Å². The summed E-state index contributed by atoms with van der Waals surface area (Å²) >= 11 is 0. The molecule has 0 saturated carbocycles. The lowest BCUT2D eigenvalue weighted by Crippen LogP contribution is -2.29. The zero-order valence-electron chi connectivity index (χ0n) is 12.9. The number of hydrogen-bond donors (Lipinski definition) is 3. The molecule has 0 unspecified atom stereocenters. The molecule has 2 rings (SSSR count). The number of hydrazine groups is 1. The van der Waals surface area contributed by atoms with E-state index >= 15 is 0 Å². The van der Waals surface area contributed by atoms with Crippen molar-refractivity contribution in [3.63, 3.8) is 0 Å². The van der Waals surface area contributed by atoms with Gasteiger partial charge in [0.15, 0.2) is 0 Å². The second-order valence-corrected chi connectivity index (χ2v) is 4.77. The van der Waals surface area contributed by atoms with E-state index in [-0.39, 0.29) is 19.1 Å². The Balaban J connectivity index is 1.75. The van der Waals surface area contributed by atoms with Gasteiger partial charge in [0.05, 0.1) is 6.54 Å². The molecule has 4 N–H and O–H groups in total. The molecule has 2 aromatic carbocycles. The summed E-state index contributed by atoms with van der Waals surface area (Å²) in [6.45, 7) is 0.378. The van der Waals surface area contributed by atoms with Crippen molar-refractivity contribution in [3.8, 4) is 11.8 Å². The Bertz CT molecular complexity index is 747. The molecule has 0 aromatic heterocycles. The van der Waals surface area contributed by atoms with Crippen molar-refractivity contribution in [1.82, 2.24) is 10.7 Å². The van der Waals surface area contributed by atoms with Crippen LogP contribution in [0.3, 0.4) is 0 Å². The fraction of sp³-hybridized carbons (Fsp3) is 0.111. The number of ether oxygens (including phenoxy) is 1. The van der Waals surface area contributed by atoms with E-state index in [0.29, 0.717) is 5.56 Å². The van der Waals surface area contributed by atoms with Crippen LogP contribution >= 0.6 is 0 Å². The molecule has 2 amide bonds. The Labute approximate surface area is 140 Å². The Kier molecular flexibility index (Phi) is 6.38. The van der Waals surface area contributed by atoms with Crippen LogP contribution in [0, 0.1) is 11.8 Å². The Morgan fingerprint density at radius 3 is 2.42 bits per heavy atom. The molecule has 0 aliphatic heterocycles. The van der Waals surface area contributed by atoms with Crippen LogP contribution in [-0.2, 0) is 11.3 Å². The van der Waals surface area contributed by atoms with E-state index in [0.717, 1.165) is 11.1 Å². The number of carbonyl (C=O) groups is 2. The number of hydrogen-bond acceptors (Lipinski definition) is 4. The molecule has 6 nitrogen and oxygen atoms in total. The fourth-order valence-electron chi connectivity index (χ4n) is 1.83. The number of rotatable bonds is 4. The van der Waals surface area contributed by atoms with Gasteiger partial charge in [0.25, 0.3) is 5.91 Å². The van der Waals surface area contributed by atoms with Crippen LogP contribution < -0.4 is 16.6 Å². The molecule has 0 bridgehead atoms. The molecule has 0 atom stereocenters. The smallest absolute Gasteiger partial charge is 0.408 e. The molecular formula is C18H17N3O3. The minimum Gasteiger partial charge on any atom is -0.445 e. The van der Waals surface area contributed by atoms with E-state index in [4.69, 9.17) is 10.6 Å². The summed E-state index contributed by atoms with van der Waals surface area (Å²) in [6, 6.07) is 16.0. The number of amides is 2. The van der Waals surface area contributed by atoms with Crippen molar-refractivity contribution >= 4 is 12.0 Å². The van der Waals surface area contributed by atoms with Crippen LogP contribution in [0.4, 0.5) is 4.79 Å². The highest BCUT2D eigenvalue weighted by atomic mass is 16.5. The second kappa shape index (κ2) is 8.98. The van der Waals surface area contributed by atoms with Gasteiger partial charge >= 0.3 is 6.09 Å². The molecule has 0 radical (unpaired) electrons. The molecule has 0 saturated heterocycles. The monoisotopic (exact) mass is 323 g/mol. The highest BCUT2D eigenvalue weighted by Crippen LogP contribution is 2.03. The Morgan fingerprint density at radius 2 is 1.75 bits per heavy atom. The van der Waals surface area contributed by atoms with Gasteiger partial charge in [-0.2, -0.15) is 0 Å². The largest absolute Gasteiger partial charge is 0.445 e. The predicted octanol–water partition coefficient (Wildman–Crippen LogP) is 1.57. The quantitative estimate of drug-likeness (QED) is 0.344. The lowest BCUT2D eigenvalue weighted by molar-refractivity contribution is 0.0953. The molecule has 122 valence electrons. The predicted molar refractivity (Wildman–Crippen MR) is 89.6 cm³/mol. The Morgan fingerprint density at radius 1 is 1.04 bits per heavy atom. The van der Waals surface area contributed by atoms with Crippen molar-refractivity contribution < 1.29 is 14.3 Å². The molecule has 0 fully saturated rings. The maximum atomic E-state index is 11.5. The molecule has 24 heavy (non-hydrogen) atoms. The van der Waals surface area contributed by atoms with Crippen molar-refractivity contribution in [2.75, 3.05) is 6.54 Å². The van der Waals surface area contributed by atoms with E-state index in [1.165, 1.54) is 0 Å². The maximum absolute atomic E-state index is 11.5. The minimum absolute atomic E-state index is 0.165. The summed E-state index contributed by atoms with van der Waals surface area (Å²) in [4.78, 5) is 22.8. The number of nitrogen functional groups attached to an aromatic ring is 1. The third kappa shape index (κ3) is 5.48. The summed E-state index contributed by atoms with van der Waals surface area (Å²) in [6.07, 6.45) is -0.525. The van der Waals surface area contributed by atoms with E-state index in [1.54, 1.807) is 24.3 Å². The van der Waals surface area contributed by atoms with Crippen molar-refractivity contribution in [2.24, 2.45) is 5.84 Å². The van der Waals surface area contributed by atoms with Crippen LogP contribution in [-0.4, -0.2) is 18.5 Å². The molecule has 0 aliphatic rings. The van der Waals surface area contributed by atoms with Crippen LogP contribution in [0.1, 0.15) is 21.5 Å². The van der Waals surface area contributed by atoms with Gasteiger partial charge in [-0.15, -0.1) is 0 Å². The second-order valence-electron chi connectivity index (χ2n) is 4.77. The van der Waals surface area contributed by atoms with Gasteiger partial charge in [0.1, 0.15) is 6.61 Å². The summed E-state index contributed by atoms with van der Waals surface area (Å²) in [7, 11) is 0. The lowest BCUT2D eigenvalue weighted by atomic mass is 10.1. The van der Waals surface area contributed by atoms with Crippen LogP contribution in [0.25, 0.3) is 0 Å². The van der Waals surface area contributed by atoms with Gasteiger partial charge in [-0.1, -0.05) is 42.2 Å². The average Bonchev–Trinajstić information content (AvgIpc) is 2.64. The van der Waals surface area contributed by atoms with Crippen molar-refractivity contribution in [3.05, 3.63) is 71.3 Å². The number of benzene rings is 2. The molecule has 2 aromatic rings. The summed E-state index contributed by atoms with van der Waals surface area (Å²) in [5.41, 5.74) is 4.14. The number of alkyl carbamates (subject to hydrolysis) is 1. The first kappa shape index (κ1) is 17.1. The topological polar surface area (TPSA) is 93.5 Å². The van der Waals surface area contributed by atoms with Crippen LogP contribution in [0.15, 0.2) is 54.6 Å². The minimum atomic E-state index is -0.525. The van der Waals surface area contributed by atoms with Crippen molar-refractivity contribution in [2.45, 2.75) is 6.61 Å². The SMILES string of the molecule is NNC(=O)c1ccc(C#CCNC(=O)OCc2ccccc2)cc1. The standard InChI is InChI=1S/C18H17N3O3/c19-21-17(22)16-10-8-14(9-11-16)7-4-12-20-18(23)24-13-15-5-2-1-3-6-15/h1-3,5-6,8-11H,12-13,19H2,(H,20,23)(H,21,22). The summed E-state index contributed by atoms with van der Waals surface area (Å²) in [5.74, 6) is 10.4. The molecule has 0 aliphatic carbocycles. The first-order valence-corrected chi connectivity index (χ1v) is 7.23.